The number of carbonyl (C=O) groups is 1. The third-order valence-electron chi connectivity index (χ3n) is 4.13. The van der Waals surface area contributed by atoms with Crippen molar-refractivity contribution in [2.75, 3.05) is 13.1 Å². The predicted octanol–water partition coefficient (Wildman–Crippen LogP) is 4.09. The van der Waals surface area contributed by atoms with Crippen molar-refractivity contribution in [1.82, 2.24) is 9.88 Å². The first-order valence-electron chi connectivity index (χ1n) is 7.56. The molecular weight excluding hydrogens is 288 g/mol. The van der Waals surface area contributed by atoms with Crippen LogP contribution in [0.1, 0.15) is 49.6 Å². The van der Waals surface area contributed by atoms with E-state index in [1.165, 1.54) is 37.0 Å². The highest BCUT2D eigenvalue weighted by atomic mass is 32.1. The van der Waals surface area contributed by atoms with Gasteiger partial charge in [-0.1, -0.05) is 19.8 Å². The lowest BCUT2D eigenvalue weighted by molar-refractivity contribution is -0.130. The number of likely N-dealkylation sites (tertiary alicyclic amines) is 1. The average Bonchev–Trinajstić information content (AvgIpc) is 2.62. The van der Waals surface area contributed by atoms with Crippen LogP contribution < -0.4 is 0 Å². The molecule has 2 heterocycles. The van der Waals surface area contributed by atoms with Crippen molar-refractivity contribution in [2.45, 2.75) is 52.4 Å². The monoisotopic (exact) mass is 312 g/mol. The molecule has 1 fully saturated rings. The summed E-state index contributed by atoms with van der Waals surface area (Å²) in [5.74, 6) is 1.07. The summed E-state index contributed by atoms with van der Waals surface area (Å²) in [6.45, 7) is 6.09. The second kappa shape index (κ2) is 7.36. The number of hydrogen-bond acceptors (Lipinski definition) is 3. The normalized spacial score (nSPS) is 19.9. The Morgan fingerprint density at radius 1 is 1.45 bits per heavy atom. The van der Waals surface area contributed by atoms with Crippen LogP contribution in [-0.4, -0.2) is 28.9 Å². The van der Waals surface area contributed by atoms with Crippen molar-refractivity contribution in [3.8, 4) is 0 Å². The average molecular weight is 313 g/mol. The summed E-state index contributed by atoms with van der Waals surface area (Å²) in [6, 6.07) is 0. The molecular formula is C15H24N2OS2. The largest absolute Gasteiger partial charge is 0.342 e. The summed E-state index contributed by atoms with van der Waals surface area (Å²) in [6.07, 6.45) is 6.66. The van der Waals surface area contributed by atoms with Gasteiger partial charge in [-0.05, 0) is 44.3 Å². The number of aryl methyl sites for hydroxylation is 1. The highest BCUT2D eigenvalue weighted by Gasteiger charge is 2.21. The van der Waals surface area contributed by atoms with Gasteiger partial charge in [-0.25, -0.2) is 0 Å². The highest BCUT2D eigenvalue weighted by molar-refractivity contribution is 7.73. The first-order chi connectivity index (χ1) is 9.60. The SMILES string of the molecule is CCCC1CCCN(C(=O)Cc2sc(=S)[nH]c2C)CC1. The highest BCUT2D eigenvalue weighted by Crippen LogP contribution is 2.23. The van der Waals surface area contributed by atoms with Crippen molar-refractivity contribution < 1.29 is 4.79 Å². The van der Waals surface area contributed by atoms with Crippen molar-refractivity contribution in [2.24, 2.45) is 5.92 Å². The topological polar surface area (TPSA) is 36.1 Å². The lowest BCUT2D eigenvalue weighted by Gasteiger charge is -2.20. The minimum Gasteiger partial charge on any atom is -0.342 e. The van der Waals surface area contributed by atoms with Crippen molar-refractivity contribution >= 4 is 29.5 Å². The summed E-state index contributed by atoms with van der Waals surface area (Å²) in [5, 5.41) is 0. The van der Waals surface area contributed by atoms with E-state index in [4.69, 9.17) is 12.2 Å². The second-order valence-corrected chi connectivity index (χ2v) is 7.48. The van der Waals surface area contributed by atoms with Crippen LogP contribution in [0, 0.1) is 16.8 Å². The predicted molar refractivity (Wildman–Crippen MR) is 86.8 cm³/mol. The van der Waals surface area contributed by atoms with Gasteiger partial charge in [0.2, 0.25) is 5.91 Å². The molecule has 0 bridgehead atoms. The molecule has 5 heteroatoms. The molecule has 1 aromatic heterocycles. The molecule has 1 unspecified atom stereocenters. The minimum atomic E-state index is 0.260. The summed E-state index contributed by atoms with van der Waals surface area (Å²) >= 11 is 6.67. The van der Waals surface area contributed by atoms with Gasteiger partial charge in [-0.3, -0.25) is 4.79 Å². The van der Waals surface area contributed by atoms with E-state index < -0.39 is 0 Å². The molecule has 112 valence electrons. The molecule has 3 nitrogen and oxygen atoms in total. The van der Waals surface area contributed by atoms with E-state index in [0.29, 0.717) is 6.42 Å². The lowest BCUT2D eigenvalue weighted by Crippen LogP contribution is -2.33. The van der Waals surface area contributed by atoms with Crippen LogP contribution in [0.2, 0.25) is 0 Å². The van der Waals surface area contributed by atoms with Crippen LogP contribution in [0.25, 0.3) is 0 Å². The number of nitrogens with one attached hydrogen (secondary N) is 1. The van der Waals surface area contributed by atoms with Crippen molar-refractivity contribution in [3.63, 3.8) is 0 Å². The van der Waals surface area contributed by atoms with Crippen LogP contribution in [-0.2, 0) is 11.2 Å². The van der Waals surface area contributed by atoms with Gasteiger partial charge in [0.15, 0.2) is 3.95 Å². The molecule has 1 aromatic rings. The number of thiazole rings is 1. The molecule has 1 aliphatic heterocycles. The summed E-state index contributed by atoms with van der Waals surface area (Å²) in [7, 11) is 0. The number of hydrogen-bond donors (Lipinski definition) is 1. The van der Waals surface area contributed by atoms with Gasteiger partial charge < -0.3 is 9.88 Å². The van der Waals surface area contributed by atoms with Crippen LogP contribution in [0.4, 0.5) is 0 Å². The Morgan fingerprint density at radius 2 is 2.25 bits per heavy atom. The lowest BCUT2D eigenvalue weighted by atomic mass is 9.96. The maximum Gasteiger partial charge on any atom is 0.227 e. The molecule has 0 saturated carbocycles. The summed E-state index contributed by atoms with van der Waals surface area (Å²) in [4.78, 5) is 18.7. The number of aromatic nitrogens is 1. The second-order valence-electron chi connectivity index (χ2n) is 5.71. The van der Waals surface area contributed by atoms with Gasteiger partial charge >= 0.3 is 0 Å². The van der Waals surface area contributed by atoms with Gasteiger partial charge in [-0.15, -0.1) is 11.3 Å². The van der Waals surface area contributed by atoms with Gasteiger partial charge in [0.05, 0.1) is 6.42 Å². The molecule has 20 heavy (non-hydrogen) atoms. The fourth-order valence-electron chi connectivity index (χ4n) is 2.97. The minimum absolute atomic E-state index is 0.260. The molecule has 1 N–H and O–H groups in total. The summed E-state index contributed by atoms with van der Waals surface area (Å²) < 4.78 is 0.768. The van der Waals surface area contributed by atoms with E-state index in [-0.39, 0.29) is 5.91 Å². The molecule has 2 rings (SSSR count). The zero-order valence-electron chi connectivity index (χ0n) is 12.4. The zero-order chi connectivity index (χ0) is 14.5. The Hall–Kier alpha value is -0.680. The first kappa shape index (κ1) is 15.7. The Labute approximate surface area is 130 Å². The first-order valence-corrected chi connectivity index (χ1v) is 8.79. The molecule has 1 aliphatic rings. The molecule has 0 spiro atoms. The Balaban J connectivity index is 1.92. The standard InChI is InChI=1S/C15H24N2OS2/c1-3-5-12-6-4-8-17(9-7-12)14(18)10-13-11(2)16-15(19)20-13/h12H,3-10H2,1-2H3,(H,16,19). The molecule has 1 amide bonds. The van der Waals surface area contributed by atoms with E-state index in [0.717, 1.165) is 40.0 Å². The maximum absolute atomic E-state index is 12.4. The fraction of sp³-hybridized carbons (Fsp3) is 0.733. The number of nitrogens with zero attached hydrogens (tertiary/aromatic N) is 1. The Morgan fingerprint density at radius 3 is 2.90 bits per heavy atom. The van der Waals surface area contributed by atoms with Crippen LogP contribution >= 0.6 is 23.6 Å². The maximum atomic E-state index is 12.4. The van der Waals surface area contributed by atoms with E-state index >= 15 is 0 Å². The van der Waals surface area contributed by atoms with Gasteiger partial charge in [-0.2, -0.15) is 0 Å². The van der Waals surface area contributed by atoms with Crippen molar-refractivity contribution in [3.05, 3.63) is 14.5 Å². The van der Waals surface area contributed by atoms with Gasteiger partial charge in [0.1, 0.15) is 0 Å². The van der Waals surface area contributed by atoms with Crippen LogP contribution in [0.3, 0.4) is 0 Å². The number of amides is 1. The molecule has 1 atom stereocenters. The fourth-order valence-corrected chi connectivity index (χ4v) is 4.25. The quantitative estimate of drug-likeness (QED) is 0.850. The van der Waals surface area contributed by atoms with E-state index in [1.54, 1.807) is 0 Å². The Bertz CT molecular complexity index is 506. The van der Waals surface area contributed by atoms with Gasteiger partial charge in [0, 0.05) is 23.7 Å². The third kappa shape index (κ3) is 4.16. The number of H-pyrrole nitrogens is 1. The van der Waals surface area contributed by atoms with Crippen molar-refractivity contribution in [1.29, 1.82) is 0 Å². The van der Waals surface area contributed by atoms with Crippen LogP contribution in [0.15, 0.2) is 0 Å². The Kier molecular flexibility index (Phi) is 5.78. The molecule has 1 saturated heterocycles. The summed E-state index contributed by atoms with van der Waals surface area (Å²) in [5.41, 5.74) is 1.05. The molecule has 0 radical (unpaired) electrons. The van der Waals surface area contributed by atoms with Crippen LogP contribution in [0.5, 0.6) is 0 Å². The molecule has 0 aliphatic carbocycles. The zero-order valence-corrected chi connectivity index (χ0v) is 14.0. The smallest absolute Gasteiger partial charge is 0.227 e. The third-order valence-corrected chi connectivity index (χ3v) is 5.47. The van der Waals surface area contributed by atoms with E-state index in [1.807, 2.05) is 6.92 Å². The van der Waals surface area contributed by atoms with Gasteiger partial charge in [0.25, 0.3) is 0 Å². The van der Waals surface area contributed by atoms with E-state index in [9.17, 15) is 4.79 Å². The number of aromatic amines is 1. The number of carbonyl (C=O) groups excluding carboxylic acids is 1. The van der Waals surface area contributed by atoms with E-state index in [2.05, 4.69) is 16.8 Å². The molecule has 0 aromatic carbocycles. The number of rotatable bonds is 4.